The SMILES string of the molecule is Cc1ccc2c(c1)nc(C1(N)CCCC(C)C1)n2C1CC1. The van der Waals surface area contributed by atoms with Crippen LogP contribution in [0.25, 0.3) is 11.0 Å². The summed E-state index contributed by atoms with van der Waals surface area (Å²) in [7, 11) is 0. The molecule has 2 saturated carbocycles. The predicted octanol–water partition coefficient (Wildman–Crippen LogP) is 4.04. The molecule has 2 atom stereocenters. The molecule has 4 rings (SSSR count). The van der Waals surface area contributed by atoms with Gasteiger partial charge in [0.25, 0.3) is 0 Å². The highest BCUT2D eigenvalue weighted by Gasteiger charge is 2.40. The first kappa shape index (κ1) is 13.3. The van der Waals surface area contributed by atoms with Crippen molar-refractivity contribution in [1.82, 2.24) is 9.55 Å². The fourth-order valence-corrected chi connectivity index (χ4v) is 4.06. The summed E-state index contributed by atoms with van der Waals surface area (Å²) in [6.45, 7) is 4.46. The molecule has 2 aliphatic carbocycles. The number of benzene rings is 1. The predicted molar refractivity (Wildman–Crippen MR) is 86.2 cm³/mol. The fraction of sp³-hybridized carbons (Fsp3) is 0.611. The molecule has 0 aliphatic heterocycles. The molecule has 3 heteroatoms. The summed E-state index contributed by atoms with van der Waals surface area (Å²) >= 11 is 0. The molecule has 112 valence electrons. The first-order valence-corrected chi connectivity index (χ1v) is 8.35. The molecule has 1 aromatic heterocycles. The molecule has 2 N–H and O–H groups in total. The van der Waals surface area contributed by atoms with E-state index in [0.29, 0.717) is 12.0 Å². The minimum atomic E-state index is -0.229. The van der Waals surface area contributed by atoms with Crippen LogP contribution in [-0.4, -0.2) is 9.55 Å². The summed E-state index contributed by atoms with van der Waals surface area (Å²) in [5.41, 5.74) is 10.3. The zero-order valence-corrected chi connectivity index (χ0v) is 13.1. The number of hydrogen-bond acceptors (Lipinski definition) is 2. The number of nitrogens with zero attached hydrogens (tertiary/aromatic N) is 2. The molecule has 1 aromatic carbocycles. The van der Waals surface area contributed by atoms with Gasteiger partial charge in [-0.1, -0.05) is 25.8 Å². The lowest BCUT2D eigenvalue weighted by atomic mass is 9.76. The summed E-state index contributed by atoms with van der Waals surface area (Å²) in [5.74, 6) is 1.86. The second kappa shape index (κ2) is 4.57. The zero-order valence-electron chi connectivity index (χ0n) is 13.1. The van der Waals surface area contributed by atoms with E-state index in [-0.39, 0.29) is 5.54 Å². The second-order valence-electron chi connectivity index (χ2n) is 7.39. The minimum absolute atomic E-state index is 0.229. The number of aryl methyl sites for hydroxylation is 1. The largest absolute Gasteiger partial charge is 0.323 e. The van der Waals surface area contributed by atoms with E-state index in [4.69, 9.17) is 10.7 Å². The lowest BCUT2D eigenvalue weighted by Crippen LogP contribution is -2.43. The molecule has 0 saturated heterocycles. The van der Waals surface area contributed by atoms with E-state index in [1.165, 1.54) is 36.8 Å². The minimum Gasteiger partial charge on any atom is -0.323 e. The van der Waals surface area contributed by atoms with Gasteiger partial charge in [0.2, 0.25) is 0 Å². The lowest BCUT2D eigenvalue weighted by Gasteiger charge is -2.36. The molecule has 2 aromatic rings. The van der Waals surface area contributed by atoms with Gasteiger partial charge in [0.1, 0.15) is 5.82 Å². The van der Waals surface area contributed by atoms with Crippen LogP contribution in [0.1, 0.15) is 62.9 Å². The Morgan fingerprint density at radius 1 is 1.29 bits per heavy atom. The fourth-order valence-electron chi connectivity index (χ4n) is 4.06. The summed E-state index contributed by atoms with van der Waals surface area (Å²) in [6, 6.07) is 7.26. The molecule has 1 heterocycles. The second-order valence-corrected chi connectivity index (χ2v) is 7.39. The van der Waals surface area contributed by atoms with Crippen LogP contribution in [0.4, 0.5) is 0 Å². The molecule has 2 unspecified atom stereocenters. The number of nitrogens with two attached hydrogens (primary N) is 1. The van der Waals surface area contributed by atoms with Crippen molar-refractivity contribution in [3.8, 4) is 0 Å². The third-order valence-corrected chi connectivity index (χ3v) is 5.23. The van der Waals surface area contributed by atoms with Crippen molar-refractivity contribution in [2.75, 3.05) is 0 Å². The molecule has 0 bridgehead atoms. The van der Waals surface area contributed by atoms with Crippen molar-refractivity contribution in [1.29, 1.82) is 0 Å². The molecule has 21 heavy (non-hydrogen) atoms. The van der Waals surface area contributed by atoms with Gasteiger partial charge >= 0.3 is 0 Å². The third-order valence-electron chi connectivity index (χ3n) is 5.23. The van der Waals surface area contributed by atoms with Gasteiger partial charge in [-0.3, -0.25) is 0 Å². The topological polar surface area (TPSA) is 43.8 Å². The Labute approximate surface area is 126 Å². The first-order chi connectivity index (χ1) is 10.1. The Balaban J connectivity index is 1.89. The Hall–Kier alpha value is -1.35. The Kier molecular flexibility index (Phi) is 2.90. The highest BCUT2D eigenvalue weighted by Crippen LogP contribution is 2.44. The van der Waals surface area contributed by atoms with Crippen molar-refractivity contribution in [2.45, 2.75) is 64.0 Å². The zero-order chi connectivity index (χ0) is 14.6. The Morgan fingerprint density at radius 3 is 2.81 bits per heavy atom. The highest BCUT2D eigenvalue weighted by atomic mass is 15.2. The molecule has 0 amide bonds. The maximum Gasteiger partial charge on any atom is 0.130 e. The number of rotatable bonds is 2. The number of imidazole rings is 1. The summed E-state index contributed by atoms with van der Waals surface area (Å²) in [6.07, 6.45) is 7.23. The summed E-state index contributed by atoms with van der Waals surface area (Å²) < 4.78 is 2.47. The molecule has 0 spiro atoms. The van der Waals surface area contributed by atoms with Crippen LogP contribution >= 0.6 is 0 Å². The van der Waals surface area contributed by atoms with Crippen molar-refractivity contribution in [3.63, 3.8) is 0 Å². The van der Waals surface area contributed by atoms with Crippen molar-refractivity contribution in [2.24, 2.45) is 11.7 Å². The summed E-state index contributed by atoms with van der Waals surface area (Å²) in [4.78, 5) is 5.00. The van der Waals surface area contributed by atoms with Gasteiger partial charge < -0.3 is 10.3 Å². The smallest absolute Gasteiger partial charge is 0.130 e. The van der Waals surface area contributed by atoms with E-state index in [2.05, 4.69) is 36.6 Å². The van der Waals surface area contributed by atoms with Gasteiger partial charge in [-0.2, -0.15) is 0 Å². The van der Waals surface area contributed by atoms with Gasteiger partial charge in [0.15, 0.2) is 0 Å². The van der Waals surface area contributed by atoms with Crippen molar-refractivity contribution >= 4 is 11.0 Å². The maximum atomic E-state index is 6.86. The van der Waals surface area contributed by atoms with Crippen LogP contribution in [0.15, 0.2) is 18.2 Å². The average molecular weight is 283 g/mol. The first-order valence-electron chi connectivity index (χ1n) is 8.35. The molecule has 0 radical (unpaired) electrons. The number of fused-ring (bicyclic) bond motifs is 1. The number of hydrogen-bond donors (Lipinski definition) is 1. The van der Waals surface area contributed by atoms with Gasteiger partial charge in [0, 0.05) is 6.04 Å². The lowest BCUT2D eigenvalue weighted by molar-refractivity contribution is 0.223. The highest BCUT2D eigenvalue weighted by molar-refractivity contribution is 5.77. The van der Waals surface area contributed by atoms with Crippen molar-refractivity contribution < 1.29 is 0 Å². The molecule has 3 nitrogen and oxygen atoms in total. The van der Waals surface area contributed by atoms with Crippen molar-refractivity contribution in [3.05, 3.63) is 29.6 Å². The van der Waals surface area contributed by atoms with E-state index in [1.54, 1.807) is 0 Å². The average Bonchev–Trinajstić information content (AvgIpc) is 3.19. The van der Waals surface area contributed by atoms with E-state index >= 15 is 0 Å². The monoisotopic (exact) mass is 283 g/mol. The van der Waals surface area contributed by atoms with Crippen LogP contribution in [0.5, 0.6) is 0 Å². The summed E-state index contributed by atoms with van der Waals surface area (Å²) in [5, 5.41) is 0. The van der Waals surface area contributed by atoms with Crippen LogP contribution in [0.3, 0.4) is 0 Å². The van der Waals surface area contributed by atoms with Crippen LogP contribution in [-0.2, 0) is 5.54 Å². The van der Waals surface area contributed by atoms with E-state index in [1.807, 2.05) is 0 Å². The maximum absolute atomic E-state index is 6.86. The normalized spacial score (nSPS) is 30.0. The van der Waals surface area contributed by atoms with Gasteiger partial charge in [0.05, 0.1) is 16.6 Å². The third kappa shape index (κ3) is 2.18. The molecular weight excluding hydrogens is 258 g/mol. The standard InChI is InChI=1S/C18H25N3/c1-12-5-8-16-15(10-12)20-17(21(16)14-6-7-14)18(19)9-3-4-13(2)11-18/h5,8,10,13-14H,3-4,6-7,9,11,19H2,1-2H3. The molecule has 2 aliphatic rings. The van der Waals surface area contributed by atoms with E-state index in [9.17, 15) is 0 Å². The molecule has 2 fully saturated rings. The Morgan fingerprint density at radius 2 is 2.10 bits per heavy atom. The van der Waals surface area contributed by atoms with Gasteiger partial charge in [-0.25, -0.2) is 4.98 Å². The Bertz CT molecular complexity index is 683. The molecular formula is C18H25N3. The van der Waals surface area contributed by atoms with E-state index < -0.39 is 0 Å². The van der Waals surface area contributed by atoms with Crippen LogP contribution in [0, 0.1) is 12.8 Å². The van der Waals surface area contributed by atoms with Gasteiger partial charge in [-0.15, -0.1) is 0 Å². The number of aromatic nitrogens is 2. The van der Waals surface area contributed by atoms with E-state index in [0.717, 1.165) is 24.2 Å². The van der Waals surface area contributed by atoms with Crippen LogP contribution < -0.4 is 5.73 Å². The van der Waals surface area contributed by atoms with Crippen LogP contribution in [0.2, 0.25) is 0 Å². The van der Waals surface area contributed by atoms with Gasteiger partial charge in [-0.05, 0) is 56.2 Å². The quantitative estimate of drug-likeness (QED) is 0.903.